The molecule has 0 unspecified atom stereocenters. The summed E-state index contributed by atoms with van der Waals surface area (Å²) in [4.78, 5) is 7.18. The van der Waals surface area contributed by atoms with Crippen LogP contribution in [0.3, 0.4) is 0 Å². The van der Waals surface area contributed by atoms with E-state index in [9.17, 15) is 0 Å². The van der Waals surface area contributed by atoms with E-state index in [-0.39, 0.29) is 0 Å². The van der Waals surface area contributed by atoms with Crippen LogP contribution in [0.2, 0.25) is 0 Å². The van der Waals surface area contributed by atoms with Crippen LogP contribution >= 0.6 is 22.7 Å². The van der Waals surface area contributed by atoms with Gasteiger partial charge < -0.3 is 19.3 Å². The first kappa shape index (κ1) is 44.1. The van der Waals surface area contributed by atoms with E-state index < -0.39 is 0 Å². The van der Waals surface area contributed by atoms with E-state index in [1.165, 1.54) is 61.9 Å². The number of benzene rings is 12. The molecule has 0 saturated heterocycles. The molecule has 0 saturated carbocycles. The summed E-state index contributed by atoms with van der Waals surface area (Å²) >= 11 is 3.71. The minimum atomic E-state index is 1.09. The Morgan fingerprint density at radius 2 is 0.645 bits per heavy atom. The minimum Gasteiger partial charge on any atom is -0.310 e. The van der Waals surface area contributed by atoms with Gasteiger partial charge in [-0.25, -0.2) is 0 Å². The number of para-hydroxylation sites is 4. The Morgan fingerprint density at radius 3 is 1.30 bits per heavy atom. The number of thiophene rings is 2. The molecule has 4 nitrogen and oxygen atoms in total. The summed E-state index contributed by atoms with van der Waals surface area (Å²) in [6, 6.07) is 102. The second-order valence-corrected chi connectivity index (χ2v) is 21.5. The average molecular weight is 1010 g/mol. The maximum absolute atomic E-state index is 2.44. The molecule has 3 aromatic heterocycles. The molecule has 0 aliphatic rings. The summed E-state index contributed by atoms with van der Waals surface area (Å²) in [5, 5.41) is 9.88. The first-order chi connectivity index (χ1) is 37.7. The van der Waals surface area contributed by atoms with Crippen LogP contribution in [0, 0.1) is 0 Å². The Morgan fingerprint density at radius 1 is 0.224 bits per heavy atom. The highest BCUT2D eigenvalue weighted by atomic mass is 32.1. The van der Waals surface area contributed by atoms with E-state index in [4.69, 9.17) is 0 Å². The summed E-state index contributed by atoms with van der Waals surface area (Å²) in [6.07, 6.45) is 0. The van der Waals surface area contributed by atoms with Crippen molar-refractivity contribution in [2.45, 2.75) is 0 Å². The van der Waals surface area contributed by atoms with Gasteiger partial charge in [-0.3, -0.25) is 0 Å². The average Bonchev–Trinajstić information content (AvgIpc) is 4.20. The summed E-state index contributed by atoms with van der Waals surface area (Å²) in [5.74, 6) is 0. The third-order valence-electron chi connectivity index (χ3n) is 14.9. The molecule has 6 heteroatoms. The van der Waals surface area contributed by atoms with Crippen LogP contribution in [-0.2, 0) is 0 Å². The first-order valence-electron chi connectivity index (χ1n) is 25.7. The minimum absolute atomic E-state index is 1.09. The van der Waals surface area contributed by atoms with E-state index in [1.807, 2.05) is 22.7 Å². The van der Waals surface area contributed by atoms with Crippen molar-refractivity contribution in [2.75, 3.05) is 14.7 Å². The molecular weight excluding hydrogens is 961 g/mol. The van der Waals surface area contributed by atoms with Crippen molar-refractivity contribution in [3.63, 3.8) is 0 Å². The van der Waals surface area contributed by atoms with Crippen molar-refractivity contribution in [3.05, 3.63) is 279 Å². The predicted molar refractivity (Wildman–Crippen MR) is 328 cm³/mol. The maximum atomic E-state index is 2.44. The van der Waals surface area contributed by atoms with Gasteiger partial charge in [-0.15, -0.1) is 22.7 Å². The number of hydrogen-bond acceptors (Lipinski definition) is 5. The van der Waals surface area contributed by atoms with Gasteiger partial charge in [0.25, 0.3) is 0 Å². The normalized spacial score (nSPS) is 11.7. The van der Waals surface area contributed by atoms with Crippen LogP contribution < -0.4 is 14.7 Å². The molecule has 358 valence electrons. The van der Waals surface area contributed by atoms with Gasteiger partial charge in [0.15, 0.2) is 0 Å². The predicted octanol–water partition coefficient (Wildman–Crippen LogP) is 21.1. The van der Waals surface area contributed by atoms with Crippen LogP contribution in [-0.4, -0.2) is 4.57 Å². The quantitative estimate of drug-likeness (QED) is 0.136. The Kier molecular flexibility index (Phi) is 10.5. The Bertz CT molecular complexity index is 4620. The molecule has 0 fully saturated rings. The lowest BCUT2D eigenvalue weighted by molar-refractivity contribution is 1.18. The fourth-order valence-corrected chi connectivity index (χ4v) is 13.7. The molecule has 12 aromatic carbocycles. The van der Waals surface area contributed by atoms with Crippen molar-refractivity contribution in [1.82, 2.24) is 4.57 Å². The molecule has 0 aliphatic carbocycles. The largest absolute Gasteiger partial charge is 0.310 e. The fourth-order valence-electron chi connectivity index (χ4n) is 11.4. The molecule has 3 heterocycles. The van der Waals surface area contributed by atoms with Gasteiger partial charge in [0.1, 0.15) is 0 Å². The van der Waals surface area contributed by atoms with Gasteiger partial charge in [-0.1, -0.05) is 140 Å². The standard InChI is InChI=1S/C70H46N4S2/c1-5-19-49(20-6-1)71(50-21-7-2-8-22-50)57-33-38-62-64-43-55(35-40-68(64)76-70(62)45-57)72(51-23-9-3-10-24-51)54-34-39-65-63(42-54)59-36-31-56(44-66(59)74(65)52-25-11-4-12-26-52)73(53-30-29-47-17-13-14-18-48(47)41-53)58-32-37-61-60-27-15-16-28-67(60)75-69(61)46-58/h1-46H. The number of nitrogens with zero attached hydrogens (tertiary/aromatic N) is 4. The lowest BCUT2D eigenvalue weighted by Gasteiger charge is -2.26. The molecule has 0 bridgehead atoms. The molecule has 0 aliphatic heterocycles. The van der Waals surface area contributed by atoms with Crippen molar-refractivity contribution in [1.29, 1.82) is 0 Å². The molecule has 0 spiro atoms. The van der Waals surface area contributed by atoms with Gasteiger partial charge in [0.2, 0.25) is 0 Å². The van der Waals surface area contributed by atoms with Crippen LogP contribution in [0.5, 0.6) is 0 Å². The molecule has 15 rings (SSSR count). The second kappa shape index (κ2) is 18.2. The van der Waals surface area contributed by atoms with E-state index in [0.29, 0.717) is 0 Å². The number of hydrogen-bond donors (Lipinski definition) is 0. The van der Waals surface area contributed by atoms with E-state index in [0.717, 1.165) is 67.9 Å². The Balaban J connectivity index is 0.883. The Labute approximate surface area is 448 Å². The van der Waals surface area contributed by atoms with Crippen molar-refractivity contribution in [2.24, 2.45) is 0 Å². The van der Waals surface area contributed by atoms with Crippen molar-refractivity contribution >= 4 is 147 Å². The Hall–Kier alpha value is -9.46. The van der Waals surface area contributed by atoms with Gasteiger partial charge in [-0.2, -0.15) is 0 Å². The second-order valence-electron chi connectivity index (χ2n) is 19.4. The molecule has 76 heavy (non-hydrogen) atoms. The van der Waals surface area contributed by atoms with Crippen LogP contribution in [0.4, 0.5) is 51.2 Å². The molecule has 0 N–H and O–H groups in total. The van der Waals surface area contributed by atoms with Crippen LogP contribution in [0.15, 0.2) is 279 Å². The third-order valence-corrected chi connectivity index (χ3v) is 17.1. The third kappa shape index (κ3) is 7.49. The number of fused-ring (bicyclic) bond motifs is 10. The first-order valence-corrected chi connectivity index (χ1v) is 27.4. The highest BCUT2D eigenvalue weighted by Crippen LogP contribution is 2.47. The zero-order valence-electron chi connectivity index (χ0n) is 41.2. The SMILES string of the molecule is c1ccc(N(c2ccccc2)c2ccc3c(c2)sc2ccc(N(c4ccccc4)c4ccc5c(c4)c4ccc(N(c6ccc7ccccc7c6)c6ccc7c(c6)sc6ccccc67)cc4n5-c4ccccc4)cc23)cc1. The highest BCUT2D eigenvalue weighted by molar-refractivity contribution is 7.26. The van der Waals surface area contributed by atoms with Crippen molar-refractivity contribution in [3.8, 4) is 5.69 Å². The van der Waals surface area contributed by atoms with Gasteiger partial charge >= 0.3 is 0 Å². The van der Waals surface area contributed by atoms with Gasteiger partial charge in [0.05, 0.1) is 11.0 Å². The van der Waals surface area contributed by atoms with Crippen LogP contribution in [0.25, 0.3) is 78.6 Å². The summed E-state index contributed by atoms with van der Waals surface area (Å²) in [6.45, 7) is 0. The zero-order chi connectivity index (χ0) is 50.1. The lowest BCUT2D eigenvalue weighted by Crippen LogP contribution is -2.10. The fraction of sp³-hybridized carbons (Fsp3) is 0. The van der Waals surface area contributed by atoms with Crippen molar-refractivity contribution < 1.29 is 0 Å². The molecular formula is C70H46N4S2. The number of rotatable bonds is 10. The smallest absolute Gasteiger partial charge is 0.0561 e. The molecule has 0 atom stereocenters. The molecule has 0 radical (unpaired) electrons. The summed E-state index contributed by atoms with van der Waals surface area (Å²) in [5.41, 5.74) is 13.4. The van der Waals surface area contributed by atoms with E-state index in [1.54, 1.807) is 0 Å². The molecule has 15 aromatic rings. The van der Waals surface area contributed by atoms with Gasteiger partial charge in [0, 0.05) is 108 Å². The monoisotopic (exact) mass is 1010 g/mol. The van der Waals surface area contributed by atoms with Gasteiger partial charge in [-0.05, 0) is 150 Å². The van der Waals surface area contributed by atoms with Crippen LogP contribution in [0.1, 0.15) is 0 Å². The van der Waals surface area contributed by atoms with E-state index in [2.05, 4.69) is 298 Å². The number of anilines is 9. The summed E-state index contributed by atoms with van der Waals surface area (Å²) < 4.78 is 7.52. The highest BCUT2D eigenvalue weighted by Gasteiger charge is 2.22. The van der Waals surface area contributed by atoms with E-state index >= 15 is 0 Å². The zero-order valence-corrected chi connectivity index (χ0v) is 42.8. The number of aromatic nitrogens is 1. The summed E-state index contributed by atoms with van der Waals surface area (Å²) in [7, 11) is 0. The maximum Gasteiger partial charge on any atom is 0.0561 e. The molecule has 0 amide bonds. The lowest BCUT2D eigenvalue weighted by atomic mass is 10.1. The topological polar surface area (TPSA) is 14.7 Å².